The minimum absolute atomic E-state index is 0.122. The third-order valence-corrected chi connectivity index (χ3v) is 3.82. The molecule has 2 unspecified atom stereocenters. The second-order valence-electron chi connectivity index (χ2n) is 5.09. The molecule has 3 nitrogen and oxygen atoms in total. The summed E-state index contributed by atoms with van der Waals surface area (Å²) in [6.45, 7) is 5.11. The number of Topliss-reactive ketones (excluding diaryl/α,β-unsaturated/α-hetero) is 1. The average Bonchev–Trinajstić information content (AvgIpc) is 2.76. The van der Waals surface area contributed by atoms with Crippen molar-refractivity contribution in [2.45, 2.75) is 64.8 Å². The topological polar surface area (TPSA) is 37.4 Å². The zero-order chi connectivity index (χ0) is 12.7. The smallest absolute Gasteiger partial charge is 0.210 e. The zero-order valence-corrected chi connectivity index (χ0v) is 11.2. The van der Waals surface area contributed by atoms with E-state index in [4.69, 9.17) is 0 Å². The van der Waals surface area contributed by atoms with Crippen LogP contribution >= 0.6 is 0 Å². The van der Waals surface area contributed by atoms with E-state index in [-0.39, 0.29) is 11.8 Å². The van der Waals surface area contributed by atoms with E-state index in [1.54, 1.807) is 4.90 Å². The molecule has 2 atom stereocenters. The third kappa shape index (κ3) is 4.14. The summed E-state index contributed by atoms with van der Waals surface area (Å²) >= 11 is 0. The first kappa shape index (κ1) is 14.2. The Morgan fingerprint density at radius 3 is 2.71 bits per heavy atom. The lowest BCUT2D eigenvalue weighted by Crippen LogP contribution is -2.40. The molecule has 1 fully saturated rings. The van der Waals surface area contributed by atoms with Crippen molar-refractivity contribution in [3.8, 4) is 0 Å². The molecule has 0 radical (unpaired) electrons. The molecule has 1 aliphatic carbocycles. The maximum absolute atomic E-state index is 11.7. The Morgan fingerprint density at radius 2 is 2.24 bits per heavy atom. The highest BCUT2D eigenvalue weighted by atomic mass is 16.1. The summed E-state index contributed by atoms with van der Waals surface area (Å²) in [5.41, 5.74) is 0. The average molecular weight is 239 g/mol. The van der Waals surface area contributed by atoms with Crippen LogP contribution in [0.5, 0.6) is 0 Å². The number of hydrogen-bond donors (Lipinski definition) is 0. The summed E-state index contributed by atoms with van der Waals surface area (Å²) < 4.78 is 0. The van der Waals surface area contributed by atoms with Crippen molar-refractivity contribution in [1.29, 1.82) is 0 Å². The fourth-order valence-electron chi connectivity index (χ4n) is 2.61. The van der Waals surface area contributed by atoms with Gasteiger partial charge in [-0.2, -0.15) is 0 Å². The van der Waals surface area contributed by atoms with Gasteiger partial charge in [-0.3, -0.25) is 9.59 Å². The molecule has 0 heterocycles. The summed E-state index contributed by atoms with van der Waals surface area (Å²) in [5.74, 6) is 0.802. The van der Waals surface area contributed by atoms with Crippen molar-refractivity contribution in [2.24, 2.45) is 5.92 Å². The fourth-order valence-corrected chi connectivity index (χ4v) is 2.61. The van der Waals surface area contributed by atoms with Crippen molar-refractivity contribution in [3.63, 3.8) is 0 Å². The van der Waals surface area contributed by atoms with Crippen LogP contribution in [0.2, 0.25) is 0 Å². The van der Waals surface area contributed by atoms with Gasteiger partial charge in [0.15, 0.2) is 5.78 Å². The summed E-state index contributed by atoms with van der Waals surface area (Å²) in [7, 11) is 0. The number of rotatable bonds is 8. The van der Waals surface area contributed by atoms with E-state index in [1.165, 1.54) is 12.8 Å². The summed E-state index contributed by atoms with van der Waals surface area (Å²) in [5, 5.41) is 0. The van der Waals surface area contributed by atoms with Gasteiger partial charge in [0.25, 0.3) is 0 Å². The molecule has 0 aromatic heterocycles. The molecule has 0 bridgehead atoms. The Balaban J connectivity index is 2.49. The van der Waals surface area contributed by atoms with E-state index in [2.05, 4.69) is 13.8 Å². The Bertz CT molecular complexity index is 253. The SMILES string of the molecule is CCCCC(CC)CN(C=O)C1CCCC1=O. The summed E-state index contributed by atoms with van der Waals surface area (Å²) in [6, 6.07) is -0.122. The minimum Gasteiger partial charge on any atom is -0.335 e. The van der Waals surface area contributed by atoms with Crippen LogP contribution in [-0.2, 0) is 9.59 Å². The van der Waals surface area contributed by atoms with Gasteiger partial charge in [-0.05, 0) is 25.2 Å². The fraction of sp³-hybridized carbons (Fsp3) is 0.857. The molecule has 98 valence electrons. The van der Waals surface area contributed by atoms with Crippen LogP contribution in [0.15, 0.2) is 0 Å². The van der Waals surface area contributed by atoms with Gasteiger partial charge >= 0.3 is 0 Å². The molecule has 1 rings (SSSR count). The number of ketones is 1. The first-order valence-electron chi connectivity index (χ1n) is 6.96. The highest BCUT2D eigenvalue weighted by molar-refractivity contribution is 5.87. The van der Waals surface area contributed by atoms with Crippen LogP contribution in [0.1, 0.15) is 58.8 Å². The Morgan fingerprint density at radius 1 is 1.47 bits per heavy atom. The molecule has 0 N–H and O–H groups in total. The van der Waals surface area contributed by atoms with Gasteiger partial charge in [0.05, 0.1) is 6.04 Å². The maximum atomic E-state index is 11.7. The van der Waals surface area contributed by atoms with Crippen molar-refractivity contribution >= 4 is 12.2 Å². The third-order valence-electron chi connectivity index (χ3n) is 3.82. The highest BCUT2D eigenvalue weighted by Crippen LogP contribution is 2.22. The first-order chi connectivity index (χ1) is 8.22. The highest BCUT2D eigenvalue weighted by Gasteiger charge is 2.30. The van der Waals surface area contributed by atoms with Crippen LogP contribution in [0.3, 0.4) is 0 Å². The van der Waals surface area contributed by atoms with Crippen molar-refractivity contribution < 1.29 is 9.59 Å². The van der Waals surface area contributed by atoms with Crippen molar-refractivity contribution in [3.05, 3.63) is 0 Å². The number of carbonyl (C=O) groups is 2. The largest absolute Gasteiger partial charge is 0.335 e. The molecule has 17 heavy (non-hydrogen) atoms. The standard InChI is InChI=1S/C14H25NO2/c1-3-5-7-12(4-2)10-15(11-16)13-8-6-9-14(13)17/h11-13H,3-10H2,1-2H3. The van der Waals surface area contributed by atoms with E-state index < -0.39 is 0 Å². The van der Waals surface area contributed by atoms with Gasteiger partial charge < -0.3 is 4.90 Å². The lowest BCUT2D eigenvalue weighted by Gasteiger charge is -2.27. The summed E-state index contributed by atoms with van der Waals surface area (Å²) in [4.78, 5) is 24.5. The lowest BCUT2D eigenvalue weighted by atomic mass is 9.98. The maximum Gasteiger partial charge on any atom is 0.210 e. The normalized spacial score (nSPS) is 21.5. The Labute approximate surface area is 105 Å². The van der Waals surface area contributed by atoms with Gasteiger partial charge in [-0.15, -0.1) is 0 Å². The van der Waals surface area contributed by atoms with Gasteiger partial charge in [-0.1, -0.05) is 33.1 Å². The molecule has 1 aliphatic rings. The molecule has 1 saturated carbocycles. The zero-order valence-electron chi connectivity index (χ0n) is 11.2. The number of nitrogens with zero attached hydrogens (tertiary/aromatic N) is 1. The molecule has 0 aromatic rings. The molecule has 1 amide bonds. The van der Waals surface area contributed by atoms with Crippen molar-refractivity contribution in [1.82, 2.24) is 4.90 Å². The second kappa shape index (κ2) is 7.46. The molecular formula is C14H25NO2. The monoisotopic (exact) mass is 239 g/mol. The minimum atomic E-state index is -0.122. The number of amides is 1. The van der Waals surface area contributed by atoms with Crippen LogP contribution in [0.25, 0.3) is 0 Å². The molecule has 0 aliphatic heterocycles. The van der Waals surface area contributed by atoms with Crippen LogP contribution < -0.4 is 0 Å². The van der Waals surface area contributed by atoms with Crippen LogP contribution in [-0.4, -0.2) is 29.7 Å². The van der Waals surface area contributed by atoms with E-state index in [0.29, 0.717) is 12.3 Å². The van der Waals surface area contributed by atoms with E-state index >= 15 is 0 Å². The number of hydrogen-bond acceptors (Lipinski definition) is 2. The van der Waals surface area contributed by atoms with Crippen molar-refractivity contribution in [2.75, 3.05) is 6.54 Å². The first-order valence-corrected chi connectivity index (χ1v) is 6.96. The predicted octanol–water partition coefficient (Wildman–Crippen LogP) is 2.78. The molecule has 0 saturated heterocycles. The Hall–Kier alpha value is -0.860. The molecule has 3 heteroatoms. The predicted molar refractivity (Wildman–Crippen MR) is 68.7 cm³/mol. The Kier molecular flexibility index (Phi) is 6.23. The van der Waals surface area contributed by atoms with E-state index in [1.807, 2.05) is 0 Å². The van der Waals surface area contributed by atoms with E-state index in [9.17, 15) is 9.59 Å². The molecular weight excluding hydrogens is 214 g/mol. The van der Waals surface area contributed by atoms with Gasteiger partial charge in [0.1, 0.15) is 0 Å². The number of carbonyl (C=O) groups excluding carboxylic acids is 2. The molecule has 0 aromatic carbocycles. The van der Waals surface area contributed by atoms with Crippen LogP contribution in [0.4, 0.5) is 0 Å². The van der Waals surface area contributed by atoms with Gasteiger partial charge in [0, 0.05) is 13.0 Å². The second-order valence-corrected chi connectivity index (χ2v) is 5.09. The van der Waals surface area contributed by atoms with E-state index in [0.717, 1.165) is 38.6 Å². The van der Waals surface area contributed by atoms with Gasteiger partial charge in [-0.25, -0.2) is 0 Å². The quantitative estimate of drug-likeness (QED) is 0.611. The van der Waals surface area contributed by atoms with Gasteiger partial charge in [0.2, 0.25) is 6.41 Å². The van der Waals surface area contributed by atoms with Crippen LogP contribution in [0, 0.1) is 5.92 Å². The molecule has 0 spiro atoms. The summed E-state index contributed by atoms with van der Waals surface area (Å²) in [6.07, 6.45) is 8.00. The lowest BCUT2D eigenvalue weighted by molar-refractivity contribution is -0.130. The number of unbranched alkanes of at least 4 members (excludes halogenated alkanes) is 1.